The molecule has 2 aliphatic carbocycles. The molecular formula is C21H30S. The second-order valence-electron chi connectivity index (χ2n) is 7.58. The van der Waals surface area contributed by atoms with Crippen LogP contribution in [0.25, 0.3) is 0 Å². The zero-order chi connectivity index (χ0) is 17.2. The topological polar surface area (TPSA) is 0 Å². The molecule has 0 heterocycles. The van der Waals surface area contributed by atoms with Crippen molar-refractivity contribution >= 4 is 17.1 Å². The fourth-order valence-corrected chi connectivity index (χ4v) is 4.98. The van der Waals surface area contributed by atoms with Gasteiger partial charge in [-0.25, -0.2) is 0 Å². The molecular weight excluding hydrogens is 284 g/mol. The third-order valence-corrected chi connectivity index (χ3v) is 8.10. The smallest absolute Gasteiger partial charge is 0.0424 e. The van der Waals surface area contributed by atoms with E-state index in [0.717, 1.165) is 4.86 Å². The largest absolute Gasteiger partial charge is 0.0870 e. The Morgan fingerprint density at radius 1 is 0.545 bits per heavy atom. The molecule has 0 unspecified atom stereocenters. The molecule has 0 fully saturated rings. The number of hydrogen-bond donors (Lipinski definition) is 0. The molecule has 1 heteroatoms. The fraction of sp³-hybridized carbons (Fsp3) is 0.571. The highest BCUT2D eigenvalue weighted by Gasteiger charge is 2.50. The minimum Gasteiger partial charge on any atom is -0.0870 e. The Hall–Kier alpha value is -0.950. The lowest BCUT2D eigenvalue weighted by molar-refractivity contribution is 0.577. The Morgan fingerprint density at radius 2 is 0.727 bits per heavy atom. The molecule has 0 aromatic rings. The van der Waals surface area contributed by atoms with Gasteiger partial charge in [0.15, 0.2) is 0 Å². The van der Waals surface area contributed by atoms with Crippen LogP contribution in [-0.2, 0) is 0 Å². The maximum atomic E-state index is 6.18. The maximum Gasteiger partial charge on any atom is 0.0424 e. The first-order valence-electron chi connectivity index (χ1n) is 8.20. The predicted octanol–water partition coefficient (Wildman–Crippen LogP) is 6.74. The molecule has 0 atom stereocenters. The summed E-state index contributed by atoms with van der Waals surface area (Å²) >= 11 is 6.18. The van der Waals surface area contributed by atoms with Crippen molar-refractivity contribution in [1.82, 2.24) is 0 Å². The third kappa shape index (κ3) is 1.78. The Morgan fingerprint density at radius 3 is 0.909 bits per heavy atom. The van der Waals surface area contributed by atoms with E-state index in [0.29, 0.717) is 0 Å². The maximum absolute atomic E-state index is 6.18. The van der Waals surface area contributed by atoms with Crippen molar-refractivity contribution in [2.45, 2.75) is 69.2 Å². The Kier molecular flexibility index (Phi) is 3.98. The highest BCUT2D eigenvalue weighted by Crippen LogP contribution is 2.57. The SMILES string of the molecule is CC1=C(C)C(C)(C(=S)C2(C)C(C)=C(C)C(C)=C2C)C(C)=C1C. The fourth-order valence-electron chi connectivity index (χ4n) is 4.37. The van der Waals surface area contributed by atoms with Crippen LogP contribution < -0.4 is 0 Å². The van der Waals surface area contributed by atoms with Crippen molar-refractivity contribution in [2.24, 2.45) is 10.8 Å². The van der Waals surface area contributed by atoms with Crippen molar-refractivity contribution in [1.29, 1.82) is 0 Å². The first-order chi connectivity index (χ1) is 9.93. The van der Waals surface area contributed by atoms with E-state index in [1.807, 2.05) is 0 Å². The van der Waals surface area contributed by atoms with Gasteiger partial charge in [-0.15, -0.1) is 0 Å². The van der Waals surface area contributed by atoms with Crippen molar-refractivity contribution in [2.75, 3.05) is 0 Å². The molecule has 0 aromatic carbocycles. The summed E-state index contributed by atoms with van der Waals surface area (Å²) in [7, 11) is 0. The normalized spacial score (nSPS) is 24.1. The van der Waals surface area contributed by atoms with Gasteiger partial charge in [0.2, 0.25) is 0 Å². The van der Waals surface area contributed by atoms with Gasteiger partial charge in [0.25, 0.3) is 0 Å². The van der Waals surface area contributed by atoms with Gasteiger partial charge in [0.05, 0.1) is 0 Å². The number of rotatable bonds is 2. The Labute approximate surface area is 142 Å². The monoisotopic (exact) mass is 314 g/mol. The van der Waals surface area contributed by atoms with E-state index in [4.69, 9.17) is 12.2 Å². The molecule has 0 nitrogen and oxygen atoms in total. The minimum absolute atomic E-state index is 0.105. The summed E-state index contributed by atoms with van der Waals surface area (Å²) in [5, 5.41) is 0. The van der Waals surface area contributed by atoms with Gasteiger partial charge < -0.3 is 0 Å². The van der Waals surface area contributed by atoms with Gasteiger partial charge in [-0.1, -0.05) is 34.5 Å². The van der Waals surface area contributed by atoms with E-state index in [1.54, 1.807) is 0 Å². The number of allylic oxidation sites excluding steroid dienone is 8. The first kappa shape index (κ1) is 17.4. The number of thiocarbonyl (C=S) groups is 1. The van der Waals surface area contributed by atoms with Crippen molar-refractivity contribution in [3.8, 4) is 0 Å². The molecule has 0 spiro atoms. The molecule has 0 amide bonds. The van der Waals surface area contributed by atoms with Gasteiger partial charge in [-0.05, 0) is 91.5 Å². The predicted molar refractivity (Wildman–Crippen MR) is 102 cm³/mol. The van der Waals surface area contributed by atoms with Crippen LogP contribution in [0.4, 0.5) is 0 Å². The second-order valence-corrected chi connectivity index (χ2v) is 7.99. The lowest BCUT2D eigenvalue weighted by Gasteiger charge is -2.41. The summed E-state index contributed by atoms with van der Waals surface area (Å²) in [6, 6.07) is 0. The first-order valence-corrected chi connectivity index (χ1v) is 8.61. The van der Waals surface area contributed by atoms with Crippen LogP contribution in [0.3, 0.4) is 0 Å². The molecule has 0 saturated carbocycles. The van der Waals surface area contributed by atoms with Gasteiger partial charge in [0.1, 0.15) is 0 Å². The average Bonchev–Trinajstić information content (AvgIpc) is 2.75. The highest BCUT2D eigenvalue weighted by molar-refractivity contribution is 7.80. The summed E-state index contributed by atoms with van der Waals surface area (Å²) in [6.07, 6.45) is 0. The quantitative estimate of drug-likeness (QED) is 0.508. The standard InChI is InChI=1S/C21H30S/c1-11-12(2)16(6)20(9,15(11)5)19(22)21(10)17(7)13(3)14(4)18(21)8/h1-10H3. The number of hydrogen-bond acceptors (Lipinski definition) is 1. The summed E-state index contributed by atoms with van der Waals surface area (Å²) in [5.74, 6) is 0. The second kappa shape index (κ2) is 5.03. The molecule has 0 radical (unpaired) electrons. The van der Waals surface area contributed by atoms with Crippen molar-refractivity contribution in [3.63, 3.8) is 0 Å². The van der Waals surface area contributed by atoms with Gasteiger partial charge in [-0.3, -0.25) is 0 Å². The van der Waals surface area contributed by atoms with Crippen LogP contribution >= 0.6 is 12.2 Å². The third-order valence-electron chi connectivity index (χ3n) is 7.28. The summed E-state index contributed by atoms with van der Waals surface area (Å²) < 4.78 is 0. The van der Waals surface area contributed by atoms with Gasteiger partial charge in [-0.2, -0.15) is 0 Å². The summed E-state index contributed by atoms with van der Waals surface area (Å²) in [5.41, 5.74) is 11.2. The molecule has 120 valence electrons. The van der Waals surface area contributed by atoms with Crippen LogP contribution in [0.5, 0.6) is 0 Å². The molecule has 0 aliphatic heterocycles. The molecule has 0 saturated heterocycles. The van der Waals surface area contributed by atoms with E-state index in [9.17, 15) is 0 Å². The van der Waals surface area contributed by atoms with Crippen LogP contribution in [0.15, 0.2) is 44.6 Å². The van der Waals surface area contributed by atoms with Crippen LogP contribution in [0.1, 0.15) is 69.2 Å². The average molecular weight is 315 g/mol. The Bertz CT molecular complexity index is 596. The lowest BCUT2D eigenvalue weighted by Crippen LogP contribution is -2.40. The molecule has 22 heavy (non-hydrogen) atoms. The van der Waals surface area contributed by atoms with E-state index in [2.05, 4.69) is 69.2 Å². The van der Waals surface area contributed by atoms with Crippen LogP contribution in [0, 0.1) is 10.8 Å². The van der Waals surface area contributed by atoms with Crippen LogP contribution in [-0.4, -0.2) is 4.86 Å². The van der Waals surface area contributed by atoms with E-state index in [1.165, 1.54) is 44.6 Å². The molecule has 0 aromatic heterocycles. The Balaban J connectivity index is 2.69. The lowest BCUT2D eigenvalue weighted by atomic mass is 9.63. The summed E-state index contributed by atoms with van der Waals surface area (Å²) in [4.78, 5) is 1.16. The zero-order valence-electron chi connectivity index (χ0n) is 15.9. The van der Waals surface area contributed by atoms with Crippen LogP contribution in [0.2, 0.25) is 0 Å². The molecule has 0 N–H and O–H groups in total. The highest BCUT2D eigenvalue weighted by atomic mass is 32.1. The zero-order valence-corrected chi connectivity index (χ0v) is 16.7. The van der Waals surface area contributed by atoms with E-state index in [-0.39, 0.29) is 10.8 Å². The van der Waals surface area contributed by atoms with E-state index >= 15 is 0 Å². The van der Waals surface area contributed by atoms with Crippen molar-refractivity contribution in [3.05, 3.63) is 44.6 Å². The van der Waals surface area contributed by atoms with Crippen molar-refractivity contribution < 1.29 is 0 Å². The van der Waals surface area contributed by atoms with Gasteiger partial charge in [0, 0.05) is 15.7 Å². The molecule has 2 rings (SSSR count). The molecule has 2 aliphatic rings. The van der Waals surface area contributed by atoms with E-state index < -0.39 is 0 Å². The molecule has 0 bridgehead atoms. The minimum atomic E-state index is -0.105. The van der Waals surface area contributed by atoms with Gasteiger partial charge >= 0.3 is 0 Å². The summed E-state index contributed by atoms with van der Waals surface area (Å²) in [6.45, 7) is 22.7.